The average Bonchev–Trinajstić information content (AvgIpc) is 3.62. The van der Waals surface area contributed by atoms with Gasteiger partial charge in [-0.2, -0.15) is 10.2 Å². The molecule has 1 aliphatic rings. The summed E-state index contributed by atoms with van der Waals surface area (Å²) >= 11 is 0. The van der Waals surface area contributed by atoms with E-state index in [0.717, 1.165) is 12.8 Å². The van der Waals surface area contributed by atoms with Gasteiger partial charge < -0.3 is 19.1 Å². The summed E-state index contributed by atoms with van der Waals surface area (Å²) in [5.74, 6) is -0.866. The maximum atomic E-state index is 13.7. The average molecular weight is 602 g/mol. The van der Waals surface area contributed by atoms with Crippen molar-refractivity contribution in [1.82, 2.24) is 10.3 Å². The number of furan rings is 1. The zero-order chi connectivity index (χ0) is 30.3. The van der Waals surface area contributed by atoms with Crippen LogP contribution in [-0.4, -0.2) is 45.2 Å². The fraction of sp³-hybridized carbons (Fsp3) is 0.258. The lowest BCUT2D eigenvalue weighted by Crippen LogP contribution is -2.35. The number of nitrogens with zero attached hydrogens (tertiary/aromatic N) is 3. The van der Waals surface area contributed by atoms with Crippen LogP contribution in [0.5, 0.6) is 0 Å². The fourth-order valence-electron chi connectivity index (χ4n) is 5.55. The van der Waals surface area contributed by atoms with Gasteiger partial charge in [-0.3, -0.25) is 9.52 Å². The number of para-hydroxylation sites is 1. The normalized spacial score (nSPS) is 15.5. The van der Waals surface area contributed by atoms with Gasteiger partial charge in [-0.05, 0) is 67.8 Å². The van der Waals surface area contributed by atoms with Crippen molar-refractivity contribution in [3.63, 3.8) is 0 Å². The highest BCUT2D eigenvalue weighted by Crippen LogP contribution is 2.41. The Bertz CT molecular complexity index is 2010. The van der Waals surface area contributed by atoms with Crippen LogP contribution < -0.4 is 14.9 Å². The molecule has 3 aromatic carbocycles. The van der Waals surface area contributed by atoms with Gasteiger partial charge in [-0.1, -0.05) is 6.07 Å². The number of oxazole rings is 1. The first kappa shape index (κ1) is 28.2. The molecule has 2 aromatic heterocycles. The van der Waals surface area contributed by atoms with Gasteiger partial charge in [0.15, 0.2) is 5.58 Å². The van der Waals surface area contributed by atoms with E-state index in [1.54, 1.807) is 37.3 Å². The van der Waals surface area contributed by atoms with Crippen molar-refractivity contribution in [2.75, 3.05) is 35.5 Å². The zero-order valence-corrected chi connectivity index (χ0v) is 24.3. The molecule has 5 aromatic rings. The highest BCUT2D eigenvalue weighted by atomic mass is 32.2. The second kappa shape index (κ2) is 11.1. The van der Waals surface area contributed by atoms with Gasteiger partial charge in [0, 0.05) is 43.1 Å². The van der Waals surface area contributed by atoms with E-state index in [1.807, 2.05) is 4.90 Å². The summed E-state index contributed by atoms with van der Waals surface area (Å²) in [6.07, 6.45) is 1.51. The Balaban J connectivity index is 1.48. The largest absolute Gasteiger partial charge is 0.455 e. The summed E-state index contributed by atoms with van der Waals surface area (Å²) < 4.78 is 54.1. The predicted octanol–water partition coefficient (Wildman–Crippen LogP) is 5.76. The molecule has 10 nitrogen and oxygen atoms in total. The van der Waals surface area contributed by atoms with Crippen LogP contribution in [0.1, 0.15) is 47.2 Å². The van der Waals surface area contributed by atoms with Crippen LogP contribution >= 0.6 is 0 Å². The Morgan fingerprint density at radius 2 is 1.95 bits per heavy atom. The van der Waals surface area contributed by atoms with Crippen LogP contribution in [0.3, 0.4) is 0 Å². The highest BCUT2D eigenvalue weighted by Gasteiger charge is 2.30. The Morgan fingerprint density at radius 1 is 1.16 bits per heavy atom. The molecule has 0 aliphatic carbocycles. The Morgan fingerprint density at radius 3 is 2.67 bits per heavy atom. The number of benzene rings is 3. The number of carbonyl (C=O) groups excluding carboxylic acids is 1. The number of anilines is 2. The number of hydrogen-bond donors (Lipinski definition) is 2. The number of hydrogen-bond acceptors (Lipinski definition) is 8. The van der Waals surface area contributed by atoms with E-state index in [1.165, 1.54) is 31.3 Å². The molecule has 0 radical (unpaired) electrons. The monoisotopic (exact) mass is 601 g/mol. The van der Waals surface area contributed by atoms with Crippen molar-refractivity contribution in [2.45, 2.75) is 25.7 Å². The lowest BCUT2D eigenvalue weighted by molar-refractivity contribution is 0.0964. The number of nitrogens with one attached hydrogen (secondary N) is 2. The van der Waals surface area contributed by atoms with Crippen LogP contribution in [0, 0.1) is 17.1 Å². The molecule has 12 heteroatoms. The molecule has 220 valence electrons. The first-order valence-corrected chi connectivity index (χ1v) is 15.5. The van der Waals surface area contributed by atoms with Gasteiger partial charge in [-0.15, -0.1) is 0 Å². The maximum Gasteiger partial charge on any atom is 0.298 e. The molecule has 3 heterocycles. The third-order valence-electron chi connectivity index (χ3n) is 7.73. The van der Waals surface area contributed by atoms with Gasteiger partial charge in [0.1, 0.15) is 28.7 Å². The van der Waals surface area contributed by atoms with Crippen molar-refractivity contribution >= 4 is 49.7 Å². The molecule has 1 aliphatic heterocycles. The minimum Gasteiger partial charge on any atom is -0.455 e. The molecule has 2 N–H and O–H groups in total. The SMILES string of the molecule is CCS(=O)(=O)Nc1cc2oc(-c3ccc(F)cc3)c(C(=O)NC)c2cc1[C@@H]1CCCN(c2nc3c(C#N)cccc3o2)C1. The first-order valence-electron chi connectivity index (χ1n) is 13.8. The van der Waals surface area contributed by atoms with Gasteiger partial charge in [0.2, 0.25) is 10.0 Å². The van der Waals surface area contributed by atoms with Gasteiger partial charge in [-0.25, -0.2) is 12.8 Å². The molecule has 43 heavy (non-hydrogen) atoms. The standard InChI is InChI=1S/C31H28FN5O5S/c1-3-43(39,40)36-24-15-26-23(27(30(38)34-2)29(41-26)18-9-11-21(32)12-10-18)14-22(24)20-7-5-13-37(17-20)31-35-28-19(16-33)6-4-8-25(28)42-31/h4,6,8-12,14-15,20,36H,3,5,7,13,17H2,1-2H3,(H,34,38)/t20-/m1/s1. The molecular weight excluding hydrogens is 573 g/mol. The van der Waals surface area contributed by atoms with Gasteiger partial charge in [0.25, 0.3) is 11.9 Å². The summed E-state index contributed by atoms with van der Waals surface area (Å²) in [6, 6.07) is 16.7. The van der Waals surface area contributed by atoms with E-state index in [2.05, 4.69) is 21.1 Å². The second-order valence-electron chi connectivity index (χ2n) is 10.4. The molecular formula is C31H28FN5O5S. The number of rotatable bonds is 7. The van der Waals surface area contributed by atoms with E-state index in [0.29, 0.717) is 63.6 Å². The summed E-state index contributed by atoms with van der Waals surface area (Å²) in [6.45, 7) is 2.67. The van der Waals surface area contributed by atoms with Crippen molar-refractivity contribution in [1.29, 1.82) is 5.26 Å². The lowest BCUT2D eigenvalue weighted by Gasteiger charge is -2.33. The Hall–Kier alpha value is -4.89. The second-order valence-corrected chi connectivity index (χ2v) is 12.4. The predicted molar refractivity (Wildman–Crippen MR) is 161 cm³/mol. The number of aromatic nitrogens is 1. The van der Waals surface area contributed by atoms with Crippen molar-refractivity contribution in [2.24, 2.45) is 0 Å². The van der Waals surface area contributed by atoms with Crippen LogP contribution in [0.25, 0.3) is 33.4 Å². The summed E-state index contributed by atoms with van der Waals surface area (Å²) in [7, 11) is -2.15. The number of fused-ring (bicyclic) bond motifs is 2. The third kappa shape index (κ3) is 5.28. The van der Waals surface area contributed by atoms with Crippen molar-refractivity contribution in [3.05, 3.63) is 77.1 Å². The van der Waals surface area contributed by atoms with Crippen LogP contribution in [0.2, 0.25) is 0 Å². The van der Waals surface area contributed by atoms with Gasteiger partial charge in [0.05, 0.1) is 22.6 Å². The molecule has 0 bridgehead atoms. The maximum absolute atomic E-state index is 13.7. The van der Waals surface area contributed by atoms with E-state index in [9.17, 15) is 22.9 Å². The minimum atomic E-state index is -3.66. The number of amides is 1. The van der Waals surface area contributed by atoms with Crippen LogP contribution in [-0.2, 0) is 10.0 Å². The number of piperidine rings is 1. The molecule has 1 atom stereocenters. The quantitative estimate of drug-likeness (QED) is 0.240. The van der Waals surface area contributed by atoms with Crippen LogP contribution in [0.15, 0.2) is 63.4 Å². The molecule has 0 spiro atoms. The van der Waals surface area contributed by atoms with Gasteiger partial charge >= 0.3 is 0 Å². The molecule has 6 rings (SSSR count). The number of carbonyl (C=O) groups is 1. The highest BCUT2D eigenvalue weighted by molar-refractivity contribution is 7.92. The summed E-state index contributed by atoms with van der Waals surface area (Å²) in [4.78, 5) is 19.7. The molecule has 1 saturated heterocycles. The lowest BCUT2D eigenvalue weighted by atomic mass is 9.88. The smallest absolute Gasteiger partial charge is 0.298 e. The molecule has 1 amide bonds. The first-order chi connectivity index (χ1) is 20.7. The van der Waals surface area contributed by atoms with E-state index >= 15 is 0 Å². The van der Waals surface area contributed by atoms with E-state index in [4.69, 9.17) is 8.83 Å². The van der Waals surface area contributed by atoms with Crippen LogP contribution in [0.4, 0.5) is 16.1 Å². The third-order valence-corrected chi connectivity index (χ3v) is 9.02. The molecule has 0 saturated carbocycles. The summed E-state index contributed by atoms with van der Waals surface area (Å²) in [5, 5.41) is 12.6. The van der Waals surface area contributed by atoms with E-state index in [-0.39, 0.29) is 23.0 Å². The number of halogens is 1. The minimum absolute atomic E-state index is 0.131. The van der Waals surface area contributed by atoms with E-state index < -0.39 is 21.7 Å². The Labute approximate surface area is 247 Å². The molecule has 0 unspecified atom stereocenters. The number of sulfonamides is 1. The van der Waals surface area contributed by atoms with Crippen molar-refractivity contribution < 1.29 is 26.4 Å². The molecule has 1 fully saturated rings. The zero-order valence-electron chi connectivity index (χ0n) is 23.5. The Kier molecular flexibility index (Phi) is 7.27. The summed E-state index contributed by atoms with van der Waals surface area (Å²) in [5.41, 5.74) is 3.55. The number of nitriles is 1. The topological polar surface area (TPSA) is 141 Å². The fourth-order valence-corrected chi connectivity index (χ4v) is 6.20. The van der Waals surface area contributed by atoms with Crippen molar-refractivity contribution in [3.8, 4) is 17.4 Å².